The predicted molar refractivity (Wildman–Crippen MR) is 102 cm³/mol. The lowest BCUT2D eigenvalue weighted by atomic mass is 10.1. The first-order chi connectivity index (χ1) is 14.0. The van der Waals surface area contributed by atoms with Crippen LogP contribution in [0.25, 0.3) is 21.9 Å². The molecule has 0 radical (unpaired) electrons. The van der Waals surface area contributed by atoms with Crippen LogP contribution in [0.2, 0.25) is 0 Å². The molecule has 5 rings (SSSR count). The van der Waals surface area contributed by atoms with Gasteiger partial charge in [0.05, 0.1) is 22.7 Å². The zero-order valence-electron chi connectivity index (χ0n) is 15.1. The highest BCUT2D eigenvalue weighted by Crippen LogP contribution is 2.37. The molecule has 0 fully saturated rings. The Bertz CT molecular complexity index is 1350. The number of rotatable bonds is 2. The molecule has 0 aliphatic carbocycles. The van der Waals surface area contributed by atoms with Crippen LogP contribution in [0.4, 0.5) is 10.1 Å². The molecule has 0 saturated carbocycles. The van der Waals surface area contributed by atoms with Gasteiger partial charge in [0.15, 0.2) is 0 Å². The van der Waals surface area contributed by atoms with Crippen LogP contribution in [-0.2, 0) is 0 Å². The molecule has 3 aromatic heterocycles. The lowest BCUT2D eigenvalue weighted by Gasteiger charge is -2.09. The van der Waals surface area contributed by atoms with Gasteiger partial charge in [0.25, 0.3) is 17.5 Å². The highest BCUT2D eigenvalue weighted by Gasteiger charge is 2.26. The molecule has 9 nitrogen and oxygen atoms in total. The summed E-state index contributed by atoms with van der Waals surface area (Å²) < 4.78 is 24.4. The van der Waals surface area contributed by atoms with Crippen molar-refractivity contribution < 1.29 is 18.3 Å². The topological polar surface area (TPSA) is 122 Å². The highest BCUT2D eigenvalue weighted by atomic mass is 19.1. The Kier molecular flexibility index (Phi) is 3.73. The number of hydrogen-bond acceptors (Lipinski definition) is 7. The number of anilines is 1. The number of halogens is 1. The molecule has 1 atom stereocenters. The first-order valence-corrected chi connectivity index (χ1v) is 8.83. The third kappa shape index (κ3) is 2.94. The van der Waals surface area contributed by atoms with Crippen molar-refractivity contribution in [1.29, 1.82) is 0 Å². The summed E-state index contributed by atoms with van der Waals surface area (Å²) in [5, 5.41) is 7.60. The molecule has 4 aromatic rings. The van der Waals surface area contributed by atoms with E-state index in [1.807, 2.05) is 11.9 Å². The van der Waals surface area contributed by atoms with E-state index < -0.39 is 11.6 Å². The molecular formula is C19H14FN5O4. The zero-order valence-corrected chi connectivity index (χ0v) is 15.1. The number of nitrogens with one attached hydrogen (secondary N) is 3. The van der Waals surface area contributed by atoms with Gasteiger partial charge in [-0.2, -0.15) is 9.37 Å². The van der Waals surface area contributed by atoms with E-state index in [1.165, 1.54) is 0 Å². The van der Waals surface area contributed by atoms with Crippen molar-refractivity contribution in [2.75, 3.05) is 11.9 Å². The largest absolute Gasteiger partial charge is 0.449 e. The maximum atomic E-state index is 13.3. The first-order valence-electron chi connectivity index (χ1n) is 8.83. The number of carbonyl (C=O) groups is 1. The summed E-state index contributed by atoms with van der Waals surface area (Å²) in [6, 6.07) is 7.74. The Balaban J connectivity index is 1.61. The molecule has 1 aliphatic heterocycles. The van der Waals surface area contributed by atoms with Crippen LogP contribution in [0.15, 0.2) is 39.5 Å². The Morgan fingerprint density at radius 1 is 1.17 bits per heavy atom. The van der Waals surface area contributed by atoms with Gasteiger partial charge in [0.1, 0.15) is 5.58 Å². The van der Waals surface area contributed by atoms with E-state index in [4.69, 9.17) is 9.15 Å². The van der Waals surface area contributed by atoms with Crippen molar-refractivity contribution in [3.05, 3.63) is 52.5 Å². The Labute approximate surface area is 161 Å². The maximum Gasteiger partial charge on any atom is 0.292 e. The van der Waals surface area contributed by atoms with E-state index in [-0.39, 0.29) is 29.5 Å². The smallest absolute Gasteiger partial charge is 0.292 e. The molecule has 10 heteroatoms. The van der Waals surface area contributed by atoms with E-state index in [9.17, 15) is 14.0 Å². The predicted octanol–water partition coefficient (Wildman–Crippen LogP) is 2.54. The maximum absolute atomic E-state index is 13.3. The molecule has 3 N–H and O–H groups in total. The van der Waals surface area contributed by atoms with Gasteiger partial charge >= 0.3 is 0 Å². The summed E-state index contributed by atoms with van der Waals surface area (Å²) in [7, 11) is 0. The summed E-state index contributed by atoms with van der Waals surface area (Å²) >= 11 is 0. The molecule has 1 unspecified atom stereocenters. The van der Waals surface area contributed by atoms with Crippen molar-refractivity contribution in [3.8, 4) is 11.8 Å². The molecular weight excluding hydrogens is 381 g/mol. The van der Waals surface area contributed by atoms with Crippen molar-refractivity contribution in [2.24, 2.45) is 0 Å². The zero-order chi connectivity index (χ0) is 20.1. The number of amides is 1. The van der Waals surface area contributed by atoms with Crippen molar-refractivity contribution in [2.45, 2.75) is 13.0 Å². The number of hydrogen-bond donors (Lipinski definition) is 3. The Morgan fingerprint density at radius 2 is 2.03 bits per heavy atom. The van der Waals surface area contributed by atoms with Crippen LogP contribution < -0.4 is 20.9 Å². The van der Waals surface area contributed by atoms with Crippen molar-refractivity contribution >= 4 is 33.5 Å². The fraction of sp³-hybridized carbons (Fsp3) is 0.158. The number of fused-ring (bicyclic) bond motifs is 5. The SMILES string of the molecule is CC1CNc2c(oc3ccc4nc(Oc5cc(=O)[nH]c(F)n5)ccc4c23)C(=O)N1. The van der Waals surface area contributed by atoms with E-state index in [2.05, 4.69) is 20.6 Å². The van der Waals surface area contributed by atoms with Crippen molar-refractivity contribution in [3.63, 3.8) is 0 Å². The molecule has 1 aromatic carbocycles. The number of H-pyrrole nitrogens is 1. The number of carbonyl (C=O) groups excluding carboxylic acids is 1. The summed E-state index contributed by atoms with van der Waals surface area (Å²) in [6.07, 6.45) is -1.05. The average molecular weight is 395 g/mol. The lowest BCUT2D eigenvalue weighted by Crippen LogP contribution is -2.34. The third-order valence-electron chi connectivity index (χ3n) is 4.56. The van der Waals surface area contributed by atoms with Gasteiger partial charge in [-0.15, -0.1) is 0 Å². The lowest BCUT2D eigenvalue weighted by molar-refractivity contribution is 0.0920. The van der Waals surface area contributed by atoms with Gasteiger partial charge in [-0.05, 0) is 25.1 Å². The van der Waals surface area contributed by atoms with Gasteiger partial charge in [0, 0.05) is 24.0 Å². The number of benzene rings is 1. The van der Waals surface area contributed by atoms with Gasteiger partial charge in [-0.3, -0.25) is 14.6 Å². The van der Waals surface area contributed by atoms with Gasteiger partial charge < -0.3 is 19.8 Å². The van der Waals surface area contributed by atoms with E-state index in [0.717, 1.165) is 16.8 Å². The first kappa shape index (κ1) is 17.2. The molecule has 1 amide bonds. The fourth-order valence-electron chi connectivity index (χ4n) is 3.33. The van der Waals surface area contributed by atoms with Gasteiger partial charge in [0.2, 0.25) is 17.5 Å². The second-order valence-electron chi connectivity index (χ2n) is 6.69. The number of aromatic amines is 1. The van der Waals surface area contributed by atoms with Crippen LogP contribution in [-0.4, -0.2) is 33.4 Å². The Hall–Kier alpha value is -3.95. The highest BCUT2D eigenvalue weighted by molar-refractivity contribution is 6.16. The number of nitrogens with zero attached hydrogens (tertiary/aromatic N) is 2. The van der Waals surface area contributed by atoms with E-state index in [0.29, 0.717) is 23.3 Å². The standard InChI is InChI=1S/C19H14FN5O4/c1-8-7-21-16-15-9-2-5-13(29-14-6-12(26)24-19(20)25-14)23-10(9)3-4-11(15)28-17(16)18(27)22-8/h2-6,8,21H,7H2,1H3,(H,22,27)(H,24,25,26). The normalized spacial score (nSPS) is 16.2. The minimum atomic E-state index is -1.05. The number of pyridine rings is 1. The summed E-state index contributed by atoms with van der Waals surface area (Å²) in [5.74, 6) is -0.121. The molecule has 0 bridgehead atoms. The molecule has 0 saturated heterocycles. The van der Waals surface area contributed by atoms with Crippen molar-refractivity contribution in [1.82, 2.24) is 20.3 Å². The van der Waals surface area contributed by atoms with Crippen LogP contribution >= 0.6 is 0 Å². The van der Waals surface area contributed by atoms with Gasteiger partial charge in [-0.25, -0.2) is 4.98 Å². The van der Waals surface area contributed by atoms with Crippen LogP contribution in [0.1, 0.15) is 17.5 Å². The molecule has 4 heterocycles. The minimum Gasteiger partial charge on any atom is -0.449 e. The second-order valence-corrected chi connectivity index (χ2v) is 6.69. The Morgan fingerprint density at radius 3 is 2.86 bits per heavy atom. The van der Waals surface area contributed by atoms with Crippen LogP contribution in [0, 0.1) is 6.08 Å². The second kappa shape index (κ2) is 6.30. The van der Waals surface area contributed by atoms with Crippen LogP contribution in [0.5, 0.6) is 11.8 Å². The van der Waals surface area contributed by atoms with E-state index >= 15 is 0 Å². The molecule has 0 spiro atoms. The third-order valence-corrected chi connectivity index (χ3v) is 4.56. The fourth-order valence-corrected chi connectivity index (χ4v) is 3.33. The number of aromatic nitrogens is 3. The van der Waals surface area contributed by atoms with E-state index in [1.54, 1.807) is 24.3 Å². The number of furan rings is 1. The molecule has 1 aliphatic rings. The average Bonchev–Trinajstić information content (AvgIpc) is 2.98. The molecule has 146 valence electrons. The quantitative estimate of drug-likeness (QED) is 0.446. The van der Waals surface area contributed by atoms with Crippen LogP contribution in [0.3, 0.4) is 0 Å². The summed E-state index contributed by atoms with van der Waals surface area (Å²) in [6.45, 7) is 2.45. The monoisotopic (exact) mass is 395 g/mol. The molecule has 29 heavy (non-hydrogen) atoms. The van der Waals surface area contributed by atoms with Gasteiger partial charge in [-0.1, -0.05) is 0 Å². The number of ether oxygens (including phenoxy) is 1. The summed E-state index contributed by atoms with van der Waals surface area (Å²) in [4.78, 5) is 33.5. The minimum absolute atomic E-state index is 0.0461. The summed E-state index contributed by atoms with van der Waals surface area (Å²) in [5.41, 5.74) is 1.06.